The zero-order chi connectivity index (χ0) is 10.1. The Balaban J connectivity index is 2.00. The van der Waals surface area contributed by atoms with Crippen molar-refractivity contribution in [1.82, 2.24) is 4.98 Å². The molecule has 1 aromatic heterocycles. The van der Waals surface area contributed by atoms with Crippen LogP contribution >= 0.6 is 0 Å². The molecule has 1 aliphatic carbocycles. The Kier molecular flexibility index (Phi) is 2.19. The minimum absolute atomic E-state index is 0.405. The molecule has 0 amide bonds. The summed E-state index contributed by atoms with van der Waals surface area (Å²) < 4.78 is 0. The van der Waals surface area contributed by atoms with Crippen molar-refractivity contribution < 1.29 is 0 Å². The molecule has 0 radical (unpaired) electrons. The van der Waals surface area contributed by atoms with Crippen LogP contribution in [0.25, 0.3) is 0 Å². The molecule has 0 saturated heterocycles. The quantitative estimate of drug-likeness (QED) is 0.663. The van der Waals surface area contributed by atoms with Crippen LogP contribution < -0.4 is 16.8 Å². The minimum atomic E-state index is 0.405. The van der Waals surface area contributed by atoms with E-state index in [-0.39, 0.29) is 0 Å². The lowest BCUT2D eigenvalue weighted by molar-refractivity contribution is 0.308. The van der Waals surface area contributed by atoms with Crippen LogP contribution in [-0.4, -0.2) is 11.0 Å². The maximum absolute atomic E-state index is 5.61. The molecule has 5 N–H and O–H groups in total. The van der Waals surface area contributed by atoms with Gasteiger partial charge in [-0.15, -0.1) is 0 Å². The summed E-state index contributed by atoms with van der Waals surface area (Å²) in [6, 6.07) is 4.21. The maximum atomic E-state index is 5.61. The van der Waals surface area contributed by atoms with Gasteiger partial charge in [-0.05, 0) is 30.9 Å². The van der Waals surface area contributed by atoms with Gasteiger partial charge in [-0.1, -0.05) is 6.92 Å². The van der Waals surface area contributed by atoms with Gasteiger partial charge >= 0.3 is 0 Å². The first kappa shape index (κ1) is 9.12. The number of aromatic nitrogens is 1. The largest absolute Gasteiger partial charge is 0.396 e. The van der Waals surface area contributed by atoms with Crippen LogP contribution in [0, 0.1) is 5.92 Å². The number of hydrogen-bond donors (Lipinski definition) is 3. The Bertz CT molecular complexity index is 331. The van der Waals surface area contributed by atoms with E-state index in [1.54, 1.807) is 6.07 Å². The fourth-order valence-corrected chi connectivity index (χ4v) is 1.80. The van der Waals surface area contributed by atoms with Gasteiger partial charge in [0.15, 0.2) is 0 Å². The number of hydrogen-bond acceptors (Lipinski definition) is 4. The second-order valence-electron chi connectivity index (χ2n) is 4.09. The molecule has 0 aromatic carbocycles. The van der Waals surface area contributed by atoms with E-state index in [1.165, 1.54) is 12.8 Å². The van der Waals surface area contributed by atoms with Gasteiger partial charge in [0.25, 0.3) is 0 Å². The van der Waals surface area contributed by atoms with Crippen LogP contribution in [0.15, 0.2) is 12.1 Å². The first-order valence-corrected chi connectivity index (χ1v) is 4.93. The molecule has 2 rings (SSSR count). The van der Waals surface area contributed by atoms with Crippen LogP contribution in [0.2, 0.25) is 0 Å². The van der Waals surface area contributed by atoms with Crippen LogP contribution in [-0.2, 0) is 0 Å². The summed E-state index contributed by atoms with van der Waals surface area (Å²) in [5.74, 6) is 2.06. The smallest absolute Gasteiger partial charge is 0.149 e. The standard InChI is InChI=1S/C10H16N4/c1-6-4-7(5-6)13-9-3-2-8(11)10(12)14-9/h2-3,6-7H,4-5,11H2,1H3,(H3,12,13,14). The van der Waals surface area contributed by atoms with E-state index in [2.05, 4.69) is 17.2 Å². The van der Waals surface area contributed by atoms with Crippen LogP contribution in [0.4, 0.5) is 17.3 Å². The van der Waals surface area contributed by atoms with Gasteiger partial charge < -0.3 is 16.8 Å². The third-order valence-corrected chi connectivity index (χ3v) is 2.68. The lowest BCUT2D eigenvalue weighted by Gasteiger charge is -2.33. The summed E-state index contributed by atoms with van der Waals surface area (Å²) in [5, 5.41) is 3.33. The molecular weight excluding hydrogens is 176 g/mol. The molecule has 1 aliphatic rings. The molecule has 1 saturated carbocycles. The van der Waals surface area contributed by atoms with Gasteiger partial charge in [0.1, 0.15) is 11.6 Å². The Morgan fingerprint density at radius 1 is 1.36 bits per heavy atom. The summed E-state index contributed by atoms with van der Waals surface area (Å²) in [6.45, 7) is 2.25. The van der Waals surface area contributed by atoms with Crippen LogP contribution in [0.5, 0.6) is 0 Å². The third-order valence-electron chi connectivity index (χ3n) is 2.68. The van der Waals surface area contributed by atoms with Crippen LogP contribution in [0.3, 0.4) is 0 Å². The minimum Gasteiger partial charge on any atom is -0.396 e. The Hall–Kier alpha value is -1.45. The fourth-order valence-electron chi connectivity index (χ4n) is 1.80. The lowest BCUT2D eigenvalue weighted by atomic mass is 9.82. The second kappa shape index (κ2) is 3.36. The van der Waals surface area contributed by atoms with E-state index in [9.17, 15) is 0 Å². The van der Waals surface area contributed by atoms with Crippen molar-refractivity contribution >= 4 is 17.3 Å². The highest BCUT2D eigenvalue weighted by molar-refractivity contribution is 5.61. The molecule has 4 nitrogen and oxygen atoms in total. The van der Waals surface area contributed by atoms with Gasteiger partial charge in [0, 0.05) is 6.04 Å². The summed E-state index contributed by atoms with van der Waals surface area (Å²) in [5.41, 5.74) is 11.7. The van der Waals surface area contributed by atoms with Crippen molar-refractivity contribution in [2.75, 3.05) is 16.8 Å². The van der Waals surface area contributed by atoms with Crippen molar-refractivity contribution in [1.29, 1.82) is 0 Å². The SMILES string of the molecule is CC1CC(Nc2ccc(N)c(N)n2)C1. The molecule has 1 fully saturated rings. The normalized spacial score (nSPS) is 25.5. The van der Waals surface area contributed by atoms with E-state index < -0.39 is 0 Å². The summed E-state index contributed by atoms with van der Waals surface area (Å²) in [7, 11) is 0. The number of nitrogens with two attached hydrogens (primary N) is 2. The molecule has 1 aromatic rings. The van der Waals surface area contributed by atoms with Gasteiger partial charge in [-0.3, -0.25) is 0 Å². The topological polar surface area (TPSA) is 77.0 Å². The van der Waals surface area contributed by atoms with Gasteiger partial charge in [0.2, 0.25) is 0 Å². The number of anilines is 3. The lowest BCUT2D eigenvalue weighted by Crippen LogP contribution is -2.34. The first-order valence-electron chi connectivity index (χ1n) is 4.93. The summed E-state index contributed by atoms with van der Waals surface area (Å²) >= 11 is 0. The second-order valence-corrected chi connectivity index (χ2v) is 4.09. The van der Waals surface area contributed by atoms with Crippen molar-refractivity contribution in [2.45, 2.75) is 25.8 Å². The first-order chi connectivity index (χ1) is 6.65. The average Bonchev–Trinajstić information content (AvgIpc) is 2.09. The molecular formula is C10H16N4. The van der Waals surface area contributed by atoms with E-state index in [0.717, 1.165) is 11.7 Å². The Labute approximate surface area is 83.7 Å². The molecule has 0 aliphatic heterocycles. The fraction of sp³-hybridized carbons (Fsp3) is 0.500. The van der Waals surface area contributed by atoms with Gasteiger partial charge in [-0.2, -0.15) is 0 Å². The van der Waals surface area contributed by atoms with Gasteiger partial charge in [-0.25, -0.2) is 4.98 Å². The predicted octanol–water partition coefficient (Wildman–Crippen LogP) is 1.46. The number of rotatable bonds is 2. The average molecular weight is 192 g/mol. The summed E-state index contributed by atoms with van der Waals surface area (Å²) in [6.07, 6.45) is 2.43. The predicted molar refractivity (Wildman–Crippen MR) is 58.9 cm³/mol. The molecule has 76 valence electrons. The van der Waals surface area contributed by atoms with E-state index >= 15 is 0 Å². The van der Waals surface area contributed by atoms with Crippen molar-refractivity contribution in [2.24, 2.45) is 5.92 Å². The highest BCUT2D eigenvalue weighted by Gasteiger charge is 2.25. The highest BCUT2D eigenvalue weighted by Crippen LogP contribution is 2.29. The zero-order valence-electron chi connectivity index (χ0n) is 8.33. The Morgan fingerprint density at radius 2 is 2.07 bits per heavy atom. The number of nitrogens with one attached hydrogen (secondary N) is 1. The molecule has 0 atom stereocenters. The van der Waals surface area contributed by atoms with Crippen molar-refractivity contribution in [3.05, 3.63) is 12.1 Å². The Morgan fingerprint density at radius 3 is 2.64 bits per heavy atom. The summed E-state index contributed by atoms with van der Waals surface area (Å²) in [4.78, 5) is 4.16. The van der Waals surface area contributed by atoms with Crippen molar-refractivity contribution in [3.8, 4) is 0 Å². The molecule has 0 spiro atoms. The van der Waals surface area contributed by atoms with E-state index in [4.69, 9.17) is 11.5 Å². The van der Waals surface area contributed by atoms with Gasteiger partial charge in [0.05, 0.1) is 5.69 Å². The third kappa shape index (κ3) is 1.73. The monoisotopic (exact) mass is 192 g/mol. The van der Waals surface area contributed by atoms with E-state index in [1.807, 2.05) is 6.07 Å². The van der Waals surface area contributed by atoms with Crippen LogP contribution in [0.1, 0.15) is 19.8 Å². The number of pyridine rings is 1. The number of nitrogens with zero attached hydrogens (tertiary/aromatic N) is 1. The maximum Gasteiger partial charge on any atom is 0.149 e. The van der Waals surface area contributed by atoms with E-state index in [0.29, 0.717) is 17.5 Å². The van der Waals surface area contributed by atoms with Crippen molar-refractivity contribution in [3.63, 3.8) is 0 Å². The zero-order valence-corrected chi connectivity index (χ0v) is 8.33. The molecule has 0 bridgehead atoms. The number of nitrogen functional groups attached to an aromatic ring is 2. The molecule has 4 heteroatoms. The molecule has 0 unspecified atom stereocenters. The molecule has 14 heavy (non-hydrogen) atoms. The molecule has 1 heterocycles. The highest BCUT2D eigenvalue weighted by atomic mass is 15.1.